The second-order valence-electron chi connectivity index (χ2n) is 12.6. The molecule has 3 atom stereocenters. The third-order valence-electron chi connectivity index (χ3n) is 7.97. The number of hydrogen-bond acceptors (Lipinski definition) is 7. The van der Waals surface area contributed by atoms with Crippen molar-refractivity contribution in [2.75, 3.05) is 13.2 Å². The van der Waals surface area contributed by atoms with Gasteiger partial charge in [-0.15, -0.1) is 0 Å². The fraction of sp³-hybridized carbons (Fsp3) is 0.737. The topological polar surface area (TPSA) is 140 Å². The molecule has 0 fully saturated rings. The van der Waals surface area contributed by atoms with Crippen molar-refractivity contribution in [3.05, 3.63) is 48.6 Å². The first kappa shape index (κ1) is 46.0. The first-order chi connectivity index (χ1) is 23.1. The molecule has 3 N–H and O–H groups in total. The van der Waals surface area contributed by atoms with E-state index in [9.17, 15) is 19.3 Å². The van der Waals surface area contributed by atoms with Gasteiger partial charge in [-0.1, -0.05) is 140 Å². The summed E-state index contributed by atoms with van der Waals surface area (Å²) < 4.78 is 26.2. The Hall–Kier alpha value is -2.03. The van der Waals surface area contributed by atoms with Crippen LogP contribution in [-0.2, 0) is 28.2 Å². The van der Waals surface area contributed by atoms with E-state index in [2.05, 4.69) is 43.5 Å². The molecule has 278 valence electrons. The monoisotopic (exact) mass is 698 g/mol. The van der Waals surface area contributed by atoms with E-state index in [4.69, 9.17) is 19.3 Å². The minimum atomic E-state index is -4.78. The number of phosphoric ester groups is 1. The first-order valence-corrected chi connectivity index (χ1v) is 20.0. The quantitative estimate of drug-likeness (QED) is 0.0206. The maximum atomic E-state index is 12.3. The first-order valence-electron chi connectivity index (χ1n) is 18.4. The molecule has 0 aliphatic rings. The molecule has 0 rings (SSSR count). The van der Waals surface area contributed by atoms with Crippen LogP contribution < -0.4 is 0 Å². The van der Waals surface area contributed by atoms with Gasteiger partial charge in [0.05, 0.1) is 12.7 Å². The lowest BCUT2D eigenvalue weighted by atomic mass is 9.99. The number of esters is 2. The average molecular weight is 699 g/mol. The van der Waals surface area contributed by atoms with Crippen LogP contribution in [0.25, 0.3) is 0 Å². The second-order valence-corrected chi connectivity index (χ2v) is 13.9. The largest absolute Gasteiger partial charge is 0.469 e. The second kappa shape index (κ2) is 32.2. The van der Waals surface area contributed by atoms with Gasteiger partial charge in [0.15, 0.2) is 6.10 Å². The van der Waals surface area contributed by atoms with Gasteiger partial charge in [-0.05, 0) is 50.9 Å². The predicted molar refractivity (Wildman–Crippen MR) is 194 cm³/mol. The molecular formula is C38H67O9P. The molecule has 0 aromatic heterocycles. The van der Waals surface area contributed by atoms with Gasteiger partial charge in [-0.25, -0.2) is 4.57 Å². The third-order valence-corrected chi connectivity index (χ3v) is 8.46. The maximum Gasteiger partial charge on any atom is 0.469 e. The van der Waals surface area contributed by atoms with Crippen molar-refractivity contribution in [2.45, 2.75) is 161 Å². The van der Waals surface area contributed by atoms with Gasteiger partial charge in [-0.2, -0.15) is 0 Å². The number of aliphatic hydroxyl groups is 1. The third kappa shape index (κ3) is 33.9. The Kier molecular flexibility index (Phi) is 30.8. The molecule has 0 aliphatic heterocycles. The van der Waals surface area contributed by atoms with E-state index in [-0.39, 0.29) is 19.4 Å². The summed E-state index contributed by atoms with van der Waals surface area (Å²) in [6, 6.07) is 0. The van der Waals surface area contributed by atoms with E-state index in [0.29, 0.717) is 25.7 Å². The van der Waals surface area contributed by atoms with E-state index in [1.165, 1.54) is 57.8 Å². The van der Waals surface area contributed by atoms with Gasteiger partial charge in [0.1, 0.15) is 6.61 Å². The van der Waals surface area contributed by atoms with Crippen LogP contribution in [0, 0.1) is 5.92 Å². The number of carbonyl (C=O) groups excluding carboxylic acids is 2. The number of phosphoric acid groups is 1. The zero-order chi connectivity index (χ0) is 35.7. The molecule has 9 nitrogen and oxygen atoms in total. The van der Waals surface area contributed by atoms with Crippen molar-refractivity contribution in [3.63, 3.8) is 0 Å². The highest BCUT2D eigenvalue weighted by atomic mass is 31.2. The van der Waals surface area contributed by atoms with Crippen LogP contribution in [0.2, 0.25) is 0 Å². The Labute approximate surface area is 291 Å². The van der Waals surface area contributed by atoms with Crippen LogP contribution in [0.3, 0.4) is 0 Å². The van der Waals surface area contributed by atoms with Gasteiger partial charge < -0.3 is 24.4 Å². The van der Waals surface area contributed by atoms with E-state index >= 15 is 0 Å². The van der Waals surface area contributed by atoms with Gasteiger partial charge in [0, 0.05) is 12.8 Å². The van der Waals surface area contributed by atoms with Crippen molar-refractivity contribution in [3.8, 4) is 0 Å². The van der Waals surface area contributed by atoms with Crippen molar-refractivity contribution in [1.82, 2.24) is 0 Å². The summed E-state index contributed by atoms with van der Waals surface area (Å²) in [5.74, 6) is -0.210. The van der Waals surface area contributed by atoms with Gasteiger partial charge in [0.2, 0.25) is 0 Å². The summed E-state index contributed by atoms with van der Waals surface area (Å²) in [7, 11) is -4.78. The van der Waals surface area contributed by atoms with E-state index in [1.54, 1.807) is 12.2 Å². The molecule has 0 saturated heterocycles. The molecule has 48 heavy (non-hydrogen) atoms. The molecule has 0 saturated carbocycles. The Bertz CT molecular complexity index is 954. The number of carbonyl (C=O) groups is 2. The van der Waals surface area contributed by atoms with Crippen molar-refractivity contribution < 1.29 is 43.0 Å². The molecule has 0 aromatic carbocycles. The van der Waals surface area contributed by atoms with E-state index < -0.39 is 38.6 Å². The van der Waals surface area contributed by atoms with Crippen LogP contribution in [0.15, 0.2) is 48.6 Å². The smallest absolute Gasteiger partial charge is 0.462 e. The molecule has 2 unspecified atom stereocenters. The highest BCUT2D eigenvalue weighted by Gasteiger charge is 2.22. The molecular weight excluding hydrogens is 631 g/mol. The normalized spacial score (nSPS) is 14.4. The van der Waals surface area contributed by atoms with Crippen LogP contribution in [0.5, 0.6) is 0 Å². The molecule has 0 bridgehead atoms. The number of ether oxygens (including phenoxy) is 2. The lowest BCUT2D eigenvalue weighted by molar-refractivity contribution is -0.161. The molecule has 0 spiro atoms. The standard InChI is InChI=1S/C38H67O9P/c1-4-6-7-8-9-10-14-18-23-28-35(39)29-24-19-16-21-25-30-37(40)45-32-36(33-46-48(42,43)44)47-38(41)31-26-20-15-12-11-13-17-22-27-34(3)5-2/h9-10,16,18-19,23-24,29,34-36,39H,4-8,11-15,17,20-22,25-28,30-33H2,1-3H3,(H2,42,43,44)/b10-9-,19-16+,23-18-,29-24-/t34?,35?,36-/m1/s1. The SMILES string of the molecule is CCCCC/C=C\C/C=C\CC(O)/C=C\C=C\CCCC(=O)OC[C@H](COP(=O)(O)O)OC(=O)CCCCCCCCCCC(C)CC. The Balaban J connectivity index is 4.20. The van der Waals surface area contributed by atoms with Crippen LogP contribution >= 0.6 is 7.82 Å². The highest BCUT2D eigenvalue weighted by Crippen LogP contribution is 2.36. The Morgan fingerprint density at radius 1 is 0.729 bits per heavy atom. The van der Waals surface area contributed by atoms with Gasteiger partial charge in [-0.3, -0.25) is 14.1 Å². The molecule has 0 aliphatic carbocycles. The molecule has 0 amide bonds. The fourth-order valence-electron chi connectivity index (χ4n) is 4.77. The minimum absolute atomic E-state index is 0.131. The molecule has 10 heteroatoms. The predicted octanol–water partition coefficient (Wildman–Crippen LogP) is 9.61. The number of hydrogen-bond donors (Lipinski definition) is 3. The molecule has 0 aromatic rings. The number of rotatable bonds is 32. The Morgan fingerprint density at radius 3 is 2.06 bits per heavy atom. The van der Waals surface area contributed by atoms with Crippen LogP contribution in [0.4, 0.5) is 0 Å². The maximum absolute atomic E-state index is 12.3. The summed E-state index contributed by atoms with van der Waals surface area (Å²) in [6.45, 7) is 5.81. The zero-order valence-corrected chi connectivity index (χ0v) is 31.0. The summed E-state index contributed by atoms with van der Waals surface area (Å²) in [4.78, 5) is 42.6. The molecule has 0 radical (unpaired) electrons. The van der Waals surface area contributed by atoms with Crippen molar-refractivity contribution in [2.24, 2.45) is 5.92 Å². The summed E-state index contributed by atoms with van der Waals surface area (Å²) in [6.07, 6.45) is 33.0. The highest BCUT2D eigenvalue weighted by molar-refractivity contribution is 7.46. The van der Waals surface area contributed by atoms with Crippen molar-refractivity contribution >= 4 is 19.8 Å². The van der Waals surface area contributed by atoms with E-state index in [0.717, 1.165) is 38.0 Å². The Morgan fingerprint density at radius 2 is 1.38 bits per heavy atom. The van der Waals surface area contributed by atoms with Gasteiger partial charge >= 0.3 is 19.8 Å². The van der Waals surface area contributed by atoms with Crippen molar-refractivity contribution in [1.29, 1.82) is 0 Å². The lowest BCUT2D eigenvalue weighted by Gasteiger charge is -2.18. The van der Waals surface area contributed by atoms with E-state index in [1.807, 2.05) is 18.2 Å². The van der Waals surface area contributed by atoms with Gasteiger partial charge in [0.25, 0.3) is 0 Å². The summed E-state index contributed by atoms with van der Waals surface area (Å²) in [5.41, 5.74) is 0. The average Bonchev–Trinajstić information content (AvgIpc) is 3.05. The number of unbranched alkanes of at least 4 members (excludes halogenated alkanes) is 11. The minimum Gasteiger partial charge on any atom is -0.462 e. The van der Waals surface area contributed by atoms with Crippen LogP contribution in [0.1, 0.15) is 149 Å². The molecule has 0 heterocycles. The number of allylic oxidation sites excluding steroid dienone is 6. The lowest BCUT2D eigenvalue weighted by Crippen LogP contribution is -2.29. The zero-order valence-electron chi connectivity index (χ0n) is 30.1. The van der Waals surface area contributed by atoms with Crippen LogP contribution in [-0.4, -0.2) is 52.3 Å². The fourth-order valence-corrected chi connectivity index (χ4v) is 5.13. The summed E-state index contributed by atoms with van der Waals surface area (Å²) in [5, 5.41) is 10.1. The summed E-state index contributed by atoms with van der Waals surface area (Å²) >= 11 is 0. The number of aliphatic hydroxyl groups excluding tert-OH is 1.